The summed E-state index contributed by atoms with van der Waals surface area (Å²) in [5.74, 6) is 0.885. The van der Waals surface area contributed by atoms with Crippen LogP contribution in [0.3, 0.4) is 0 Å². The number of carbonyl (C=O) groups is 1. The molecule has 21 heavy (non-hydrogen) atoms. The maximum absolute atomic E-state index is 12.0. The lowest BCUT2D eigenvalue weighted by molar-refractivity contribution is 0.0165. The minimum Gasteiger partial charge on any atom is -0.491 e. The van der Waals surface area contributed by atoms with Crippen molar-refractivity contribution in [3.8, 4) is 5.75 Å². The Labute approximate surface area is 125 Å². The van der Waals surface area contributed by atoms with Crippen LogP contribution >= 0.6 is 0 Å². The first-order valence-corrected chi connectivity index (χ1v) is 7.29. The van der Waals surface area contributed by atoms with Gasteiger partial charge in [-0.05, 0) is 25.8 Å². The third-order valence-electron chi connectivity index (χ3n) is 4.10. The van der Waals surface area contributed by atoms with Crippen molar-refractivity contribution in [2.24, 2.45) is 5.92 Å². The van der Waals surface area contributed by atoms with E-state index in [2.05, 4.69) is 10.6 Å². The van der Waals surface area contributed by atoms with E-state index in [9.17, 15) is 9.90 Å². The molecule has 0 saturated carbocycles. The molecule has 0 aliphatic carbocycles. The Morgan fingerprint density at radius 1 is 1.52 bits per heavy atom. The van der Waals surface area contributed by atoms with Gasteiger partial charge in [0, 0.05) is 12.1 Å². The highest BCUT2D eigenvalue weighted by Gasteiger charge is 2.28. The Morgan fingerprint density at radius 3 is 2.90 bits per heavy atom. The van der Waals surface area contributed by atoms with Gasteiger partial charge in [-0.3, -0.25) is 0 Å². The number of aliphatic hydroxyl groups is 1. The first kappa shape index (κ1) is 15.6. The molecule has 1 aromatic carbocycles. The molecule has 116 valence electrons. The zero-order valence-electron chi connectivity index (χ0n) is 13.1. The van der Waals surface area contributed by atoms with Crippen LogP contribution in [0, 0.1) is 12.8 Å². The van der Waals surface area contributed by atoms with E-state index in [1.807, 2.05) is 39.0 Å². The quantitative estimate of drug-likeness (QED) is 0.796. The van der Waals surface area contributed by atoms with Gasteiger partial charge in [-0.15, -0.1) is 0 Å². The van der Waals surface area contributed by atoms with Crippen LogP contribution in [0.2, 0.25) is 0 Å². The van der Waals surface area contributed by atoms with Crippen molar-refractivity contribution < 1.29 is 14.6 Å². The number of fused-ring (bicyclic) bond motifs is 1. The predicted octanol–water partition coefficient (Wildman–Crippen LogP) is 2.13. The topological polar surface area (TPSA) is 70.6 Å². The second kappa shape index (κ2) is 5.93. The summed E-state index contributed by atoms with van der Waals surface area (Å²) >= 11 is 0. The van der Waals surface area contributed by atoms with Crippen molar-refractivity contribution in [3.05, 3.63) is 29.3 Å². The fourth-order valence-corrected chi connectivity index (χ4v) is 2.13. The summed E-state index contributed by atoms with van der Waals surface area (Å²) in [5, 5.41) is 15.7. The lowest BCUT2D eigenvalue weighted by Crippen LogP contribution is -2.48. The van der Waals surface area contributed by atoms with Crippen molar-refractivity contribution in [1.82, 2.24) is 10.6 Å². The Hall–Kier alpha value is -1.75. The van der Waals surface area contributed by atoms with E-state index in [1.54, 1.807) is 6.92 Å². The van der Waals surface area contributed by atoms with E-state index in [1.165, 1.54) is 0 Å². The SMILES string of the molecule is Cc1ccc2c(c1)C(NC(=O)NCC(C)(O)C(C)C)CO2. The molecule has 0 saturated heterocycles. The highest BCUT2D eigenvalue weighted by atomic mass is 16.5. The van der Waals surface area contributed by atoms with Gasteiger partial charge in [0.05, 0.1) is 11.6 Å². The fourth-order valence-electron chi connectivity index (χ4n) is 2.13. The van der Waals surface area contributed by atoms with Crippen LogP contribution in [0.4, 0.5) is 4.79 Å². The van der Waals surface area contributed by atoms with Crippen LogP contribution in [-0.2, 0) is 0 Å². The predicted molar refractivity (Wildman–Crippen MR) is 81.4 cm³/mol. The van der Waals surface area contributed by atoms with E-state index in [4.69, 9.17) is 4.74 Å². The molecule has 1 aromatic rings. The molecule has 0 fully saturated rings. The van der Waals surface area contributed by atoms with E-state index in [0.717, 1.165) is 16.9 Å². The average molecular weight is 292 g/mol. The summed E-state index contributed by atoms with van der Waals surface area (Å²) in [5.41, 5.74) is 1.22. The van der Waals surface area contributed by atoms with Gasteiger partial charge in [0.1, 0.15) is 12.4 Å². The van der Waals surface area contributed by atoms with E-state index in [0.29, 0.717) is 6.61 Å². The summed E-state index contributed by atoms with van der Waals surface area (Å²) in [4.78, 5) is 12.0. The summed E-state index contributed by atoms with van der Waals surface area (Å²) in [6.07, 6.45) is 0. The molecule has 2 amide bonds. The van der Waals surface area contributed by atoms with E-state index >= 15 is 0 Å². The summed E-state index contributed by atoms with van der Waals surface area (Å²) in [6.45, 7) is 8.22. The number of amides is 2. The number of rotatable bonds is 4. The Kier molecular flexibility index (Phi) is 4.42. The molecule has 1 heterocycles. The molecular weight excluding hydrogens is 268 g/mol. The number of hydrogen-bond acceptors (Lipinski definition) is 3. The molecule has 0 bridgehead atoms. The van der Waals surface area contributed by atoms with Crippen molar-refractivity contribution in [1.29, 1.82) is 0 Å². The summed E-state index contributed by atoms with van der Waals surface area (Å²) in [7, 11) is 0. The summed E-state index contributed by atoms with van der Waals surface area (Å²) < 4.78 is 5.56. The minimum absolute atomic E-state index is 0.0657. The first-order chi connectivity index (χ1) is 9.79. The van der Waals surface area contributed by atoms with E-state index < -0.39 is 5.60 Å². The Balaban J connectivity index is 1.92. The van der Waals surface area contributed by atoms with Crippen molar-refractivity contribution in [3.63, 3.8) is 0 Å². The van der Waals surface area contributed by atoms with Gasteiger partial charge < -0.3 is 20.5 Å². The molecule has 2 rings (SSSR count). The van der Waals surface area contributed by atoms with Crippen LogP contribution in [0.5, 0.6) is 5.75 Å². The lowest BCUT2D eigenvalue weighted by atomic mass is 9.93. The Morgan fingerprint density at radius 2 is 2.24 bits per heavy atom. The Bertz CT molecular complexity index is 526. The number of nitrogens with one attached hydrogen (secondary N) is 2. The molecule has 5 heteroatoms. The van der Waals surface area contributed by atoms with E-state index in [-0.39, 0.29) is 24.5 Å². The maximum Gasteiger partial charge on any atom is 0.315 e. The third kappa shape index (κ3) is 3.67. The molecule has 5 nitrogen and oxygen atoms in total. The van der Waals surface area contributed by atoms with Gasteiger partial charge in [0.25, 0.3) is 0 Å². The summed E-state index contributed by atoms with van der Waals surface area (Å²) in [6, 6.07) is 5.50. The van der Waals surface area contributed by atoms with Crippen LogP contribution in [-0.4, -0.2) is 29.9 Å². The molecule has 1 aliphatic heterocycles. The van der Waals surface area contributed by atoms with Crippen LogP contribution < -0.4 is 15.4 Å². The number of urea groups is 1. The maximum atomic E-state index is 12.0. The van der Waals surface area contributed by atoms with Crippen LogP contribution in [0.15, 0.2) is 18.2 Å². The largest absolute Gasteiger partial charge is 0.491 e. The van der Waals surface area contributed by atoms with Crippen molar-refractivity contribution in [2.45, 2.75) is 39.3 Å². The number of carbonyl (C=O) groups excluding carboxylic acids is 1. The average Bonchev–Trinajstić information content (AvgIpc) is 2.79. The molecule has 2 atom stereocenters. The van der Waals surface area contributed by atoms with Gasteiger partial charge in [-0.25, -0.2) is 4.79 Å². The fraction of sp³-hybridized carbons (Fsp3) is 0.562. The third-order valence-corrected chi connectivity index (χ3v) is 4.10. The molecule has 1 aliphatic rings. The zero-order chi connectivity index (χ0) is 15.6. The molecule has 3 N–H and O–H groups in total. The van der Waals surface area contributed by atoms with Gasteiger partial charge >= 0.3 is 6.03 Å². The second-order valence-corrected chi connectivity index (χ2v) is 6.24. The number of hydrogen-bond donors (Lipinski definition) is 3. The van der Waals surface area contributed by atoms with Crippen molar-refractivity contribution >= 4 is 6.03 Å². The van der Waals surface area contributed by atoms with Gasteiger partial charge in [-0.2, -0.15) is 0 Å². The van der Waals surface area contributed by atoms with Gasteiger partial charge in [0.15, 0.2) is 0 Å². The standard InChI is InChI=1S/C16H24N2O3/c1-10(2)16(4,20)9-17-15(19)18-13-8-21-14-6-5-11(3)7-12(13)14/h5-7,10,13,20H,8-9H2,1-4H3,(H2,17,18,19). The van der Waals surface area contributed by atoms with Crippen molar-refractivity contribution in [2.75, 3.05) is 13.2 Å². The number of aryl methyl sites for hydroxylation is 1. The second-order valence-electron chi connectivity index (χ2n) is 6.24. The van der Waals surface area contributed by atoms with Gasteiger partial charge in [-0.1, -0.05) is 31.5 Å². The smallest absolute Gasteiger partial charge is 0.315 e. The first-order valence-electron chi connectivity index (χ1n) is 7.29. The van der Waals surface area contributed by atoms with Gasteiger partial charge in [0.2, 0.25) is 0 Å². The molecule has 0 aromatic heterocycles. The lowest BCUT2D eigenvalue weighted by Gasteiger charge is -2.28. The molecule has 2 unspecified atom stereocenters. The monoisotopic (exact) mass is 292 g/mol. The zero-order valence-corrected chi connectivity index (χ0v) is 13.1. The highest BCUT2D eigenvalue weighted by Crippen LogP contribution is 2.32. The van der Waals surface area contributed by atoms with Crippen LogP contribution in [0.25, 0.3) is 0 Å². The molecule has 0 spiro atoms. The number of benzene rings is 1. The highest BCUT2D eigenvalue weighted by molar-refractivity contribution is 5.75. The normalized spacial score (nSPS) is 19.6. The van der Waals surface area contributed by atoms with Crippen LogP contribution in [0.1, 0.15) is 37.9 Å². The number of ether oxygens (including phenoxy) is 1. The molecule has 0 radical (unpaired) electrons. The minimum atomic E-state index is -0.919. The molecular formula is C16H24N2O3.